The van der Waals surface area contributed by atoms with Gasteiger partial charge in [0.2, 0.25) is 0 Å². The van der Waals surface area contributed by atoms with E-state index < -0.39 is 17.5 Å². The Labute approximate surface area is 210 Å². The Hall–Kier alpha value is -4.71. The van der Waals surface area contributed by atoms with Crippen molar-refractivity contribution in [1.82, 2.24) is 29.7 Å². The third-order valence-electron chi connectivity index (χ3n) is 5.88. The number of nitrogens with zero attached hydrogens (tertiary/aromatic N) is 4. The fourth-order valence-corrected chi connectivity index (χ4v) is 4.07. The van der Waals surface area contributed by atoms with Crippen LogP contribution >= 0.6 is 0 Å². The molecule has 0 amide bonds. The highest BCUT2D eigenvalue weighted by atomic mass is 19.1. The quantitative estimate of drug-likeness (QED) is 0.205. The second-order valence-corrected chi connectivity index (χ2v) is 8.28. The maximum Gasteiger partial charge on any atom is 0.350 e. The van der Waals surface area contributed by atoms with Crippen LogP contribution in [0.25, 0.3) is 16.7 Å². The zero-order chi connectivity index (χ0) is 25.9. The van der Waals surface area contributed by atoms with E-state index in [2.05, 4.69) is 30.4 Å². The number of benzene rings is 2. The number of ether oxygens (including phenoxy) is 1. The lowest BCUT2D eigenvalue weighted by Gasteiger charge is -2.21. The average molecular weight is 505 g/mol. The van der Waals surface area contributed by atoms with Gasteiger partial charge in [-0.05, 0) is 42.3 Å². The molecule has 0 saturated heterocycles. The molecule has 0 saturated carbocycles. The molecule has 0 radical (unpaired) electrons. The Bertz CT molecular complexity index is 1600. The number of aromatic nitrogens is 6. The lowest BCUT2D eigenvalue weighted by Crippen LogP contribution is -2.18. The number of hydrogen-bond donors (Lipinski definition) is 5. The van der Waals surface area contributed by atoms with Gasteiger partial charge in [0.15, 0.2) is 17.4 Å². The van der Waals surface area contributed by atoms with Gasteiger partial charge in [-0.25, -0.2) is 19.2 Å². The summed E-state index contributed by atoms with van der Waals surface area (Å²) in [5.41, 5.74) is 7.04. The van der Waals surface area contributed by atoms with Crippen molar-refractivity contribution in [2.75, 3.05) is 24.3 Å². The summed E-state index contributed by atoms with van der Waals surface area (Å²) in [6, 6.07) is 9.50. The number of halogens is 1. The fourth-order valence-electron chi connectivity index (χ4n) is 4.07. The number of hydrogen-bond acceptors (Lipinski definition) is 8. The third-order valence-corrected chi connectivity index (χ3v) is 5.88. The number of aromatic amines is 2. The van der Waals surface area contributed by atoms with Crippen molar-refractivity contribution in [2.45, 2.75) is 19.4 Å². The van der Waals surface area contributed by atoms with Gasteiger partial charge in [0.1, 0.15) is 18.5 Å². The molecule has 0 aliphatic heterocycles. The van der Waals surface area contributed by atoms with Crippen LogP contribution in [0.1, 0.15) is 29.9 Å². The summed E-state index contributed by atoms with van der Waals surface area (Å²) < 4.78 is 22.3. The zero-order valence-corrected chi connectivity index (χ0v) is 19.9. The van der Waals surface area contributed by atoms with Crippen molar-refractivity contribution < 1.29 is 14.2 Å². The predicted molar refractivity (Wildman–Crippen MR) is 136 cm³/mol. The van der Waals surface area contributed by atoms with Gasteiger partial charge in [-0.3, -0.25) is 4.98 Å². The van der Waals surface area contributed by atoms with Gasteiger partial charge >= 0.3 is 5.69 Å². The first kappa shape index (κ1) is 24.0. The molecular weight excluding hydrogens is 479 g/mol. The number of nitrogens with two attached hydrogens (primary N) is 1. The topological polar surface area (TPSA) is 160 Å². The van der Waals surface area contributed by atoms with E-state index in [1.165, 1.54) is 12.4 Å². The lowest BCUT2D eigenvalue weighted by atomic mass is 10.00. The summed E-state index contributed by atoms with van der Waals surface area (Å²) >= 11 is 0. The van der Waals surface area contributed by atoms with Crippen molar-refractivity contribution in [3.8, 4) is 11.7 Å². The van der Waals surface area contributed by atoms with Gasteiger partial charge in [0.05, 0.1) is 6.61 Å². The maximum absolute atomic E-state index is 15.8. The standard InChI is InChI=1S/C25H25FN8O3/c1-2-14-10-18(20(26)19(11-14)37-9-8-35)21(31-16-4-5-17-15(12-16)13-30-22(17)27)23-32-25(36)34(33-23)24-28-6-3-7-29-24/h3-7,10-13,21,30-31,35H,2,8-9,27H2,1H3,(H,32,33,36). The van der Waals surface area contributed by atoms with Crippen molar-refractivity contribution in [2.24, 2.45) is 0 Å². The van der Waals surface area contributed by atoms with Gasteiger partial charge in [0.25, 0.3) is 5.95 Å². The highest BCUT2D eigenvalue weighted by Gasteiger charge is 2.26. The van der Waals surface area contributed by atoms with Crippen LogP contribution in [0.5, 0.6) is 5.75 Å². The monoisotopic (exact) mass is 504 g/mol. The van der Waals surface area contributed by atoms with Crippen LogP contribution < -0.4 is 21.5 Å². The predicted octanol–water partition coefficient (Wildman–Crippen LogP) is 2.69. The zero-order valence-electron chi connectivity index (χ0n) is 19.9. The van der Waals surface area contributed by atoms with Crippen molar-refractivity contribution in [1.29, 1.82) is 0 Å². The molecule has 190 valence electrons. The van der Waals surface area contributed by atoms with Gasteiger partial charge in [-0.15, -0.1) is 9.78 Å². The Morgan fingerprint density at radius 3 is 2.81 bits per heavy atom. The molecule has 0 spiro atoms. The van der Waals surface area contributed by atoms with Crippen molar-refractivity contribution >= 4 is 22.3 Å². The molecule has 5 aromatic rings. The Kier molecular flexibility index (Phi) is 6.56. The van der Waals surface area contributed by atoms with Crippen LogP contribution in [0.3, 0.4) is 0 Å². The largest absolute Gasteiger partial charge is 0.488 e. The minimum atomic E-state index is -0.922. The van der Waals surface area contributed by atoms with Crippen LogP contribution in [0.2, 0.25) is 0 Å². The van der Waals surface area contributed by atoms with Gasteiger partial charge < -0.3 is 25.9 Å². The number of fused-ring (bicyclic) bond motifs is 1. The maximum atomic E-state index is 15.8. The van der Waals surface area contributed by atoms with E-state index >= 15 is 4.39 Å². The molecule has 3 aromatic heterocycles. The number of aliphatic hydroxyl groups excluding tert-OH is 1. The third kappa shape index (κ3) is 4.74. The van der Waals surface area contributed by atoms with Crippen LogP contribution in [-0.4, -0.2) is 48.0 Å². The Balaban J connectivity index is 1.64. The first-order chi connectivity index (χ1) is 18.0. The van der Waals surface area contributed by atoms with Gasteiger partial charge in [-0.1, -0.05) is 13.0 Å². The van der Waals surface area contributed by atoms with Crippen LogP contribution in [-0.2, 0) is 6.42 Å². The number of nitrogen functional groups attached to an aromatic ring is 1. The number of rotatable bonds is 9. The van der Waals surface area contributed by atoms with Crippen molar-refractivity contribution in [3.05, 3.63) is 88.2 Å². The summed E-state index contributed by atoms with van der Waals surface area (Å²) in [7, 11) is 0. The molecule has 1 atom stereocenters. The smallest absolute Gasteiger partial charge is 0.350 e. The Morgan fingerprint density at radius 1 is 1.24 bits per heavy atom. The van der Waals surface area contributed by atoms with E-state index in [4.69, 9.17) is 10.5 Å². The number of aryl methyl sites for hydroxylation is 1. The molecule has 2 aromatic carbocycles. The summed E-state index contributed by atoms with van der Waals surface area (Å²) in [5.74, 6) is 0.120. The van der Waals surface area contributed by atoms with E-state index in [0.717, 1.165) is 21.0 Å². The fraction of sp³-hybridized carbons (Fsp3) is 0.200. The molecule has 37 heavy (non-hydrogen) atoms. The Morgan fingerprint density at radius 2 is 2.05 bits per heavy atom. The summed E-state index contributed by atoms with van der Waals surface area (Å²) in [6.45, 7) is 1.61. The second kappa shape index (κ2) is 10.1. The van der Waals surface area contributed by atoms with Crippen LogP contribution in [0.15, 0.2) is 59.8 Å². The molecule has 5 rings (SSSR count). The molecule has 3 heterocycles. The SMILES string of the molecule is CCc1cc(OCCO)c(F)c(C(Nc2ccc3c(N)[nH]cc3c2)c2nn(-c3ncccn3)c(=O)[nH]2)c1. The van der Waals surface area contributed by atoms with Crippen molar-refractivity contribution in [3.63, 3.8) is 0 Å². The molecule has 0 aliphatic rings. The minimum absolute atomic E-state index is 0.00256. The first-order valence-corrected chi connectivity index (χ1v) is 11.6. The van der Waals surface area contributed by atoms with E-state index in [0.29, 0.717) is 17.9 Å². The molecule has 0 fully saturated rings. The number of H-pyrrole nitrogens is 2. The summed E-state index contributed by atoms with van der Waals surface area (Å²) in [4.78, 5) is 26.7. The molecule has 0 bridgehead atoms. The van der Waals surface area contributed by atoms with E-state index in [1.54, 1.807) is 30.5 Å². The van der Waals surface area contributed by atoms with Crippen LogP contribution in [0, 0.1) is 5.82 Å². The summed E-state index contributed by atoms with van der Waals surface area (Å²) in [5, 5.41) is 18.6. The molecule has 12 heteroatoms. The molecule has 6 N–H and O–H groups in total. The van der Waals surface area contributed by atoms with E-state index in [-0.39, 0.29) is 36.3 Å². The molecule has 11 nitrogen and oxygen atoms in total. The highest BCUT2D eigenvalue weighted by Crippen LogP contribution is 2.33. The van der Waals surface area contributed by atoms with E-state index in [1.807, 2.05) is 19.1 Å². The first-order valence-electron chi connectivity index (χ1n) is 11.6. The van der Waals surface area contributed by atoms with E-state index in [9.17, 15) is 9.90 Å². The number of aliphatic hydroxyl groups is 1. The highest BCUT2D eigenvalue weighted by molar-refractivity contribution is 5.94. The normalized spacial score (nSPS) is 12.1. The molecular formula is C25H25FN8O3. The minimum Gasteiger partial charge on any atom is -0.488 e. The van der Waals surface area contributed by atoms with Gasteiger partial charge in [-0.2, -0.15) is 0 Å². The molecule has 1 unspecified atom stereocenters. The second-order valence-electron chi connectivity index (χ2n) is 8.28. The lowest BCUT2D eigenvalue weighted by molar-refractivity contribution is 0.196. The molecule has 0 aliphatic carbocycles. The van der Waals surface area contributed by atoms with Gasteiger partial charge in [0, 0.05) is 40.6 Å². The average Bonchev–Trinajstić information content (AvgIpc) is 3.49. The summed E-state index contributed by atoms with van der Waals surface area (Å²) in [6.07, 6.45) is 5.36. The number of anilines is 2. The van der Waals surface area contributed by atoms with Crippen LogP contribution in [0.4, 0.5) is 15.9 Å². The number of nitrogens with one attached hydrogen (secondary N) is 3.